The molecule has 2 rings (SSSR count). The van der Waals surface area contributed by atoms with Crippen LogP contribution in [0.25, 0.3) is 0 Å². The van der Waals surface area contributed by atoms with E-state index in [2.05, 4.69) is 41.3 Å². The molecule has 1 fully saturated rings. The van der Waals surface area contributed by atoms with Crippen LogP contribution < -0.4 is 9.88 Å². The van der Waals surface area contributed by atoms with Crippen LogP contribution in [-0.4, -0.2) is 6.54 Å². The van der Waals surface area contributed by atoms with Crippen molar-refractivity contribution in [2.75, 3.05) is 6.54 Å². The maximum absolute atomic E-state index is 3.56. The molecule has 1 atom stereocenters. The number of aryl methyl sites for hydroxylation is 1. The zero-order chi connectivity index (χ0) is 11.1. The van der Waals surface area contributed by atoms with Gasteiger partial charge in [0.2, 0.25) is 0 Å². The number of hydrogen-bond donors (Lipinski definition) is 1. The maximum atomic E-state index is 3.56. The molecule has 84 valence electrons. The molecule has 0 aromatic carbocycles. The summed E-state index contributed by atoms with van der Waals surface area (Å²) in [4.78, 5) is 0. The van der Waals surface area contributed by atoms with Gasteiger partial charge in [0.15, 0.2) is 11.9 Å². The minimum absolute atomic E-state index is 0.569. The van der Waals surface area contributed by atoms with Gasteiger partial charge >= 0.3 is 0 Å². The fraction of sp³-hybridized carbons (Fsp3) is 0.615. The molecule has 1 aliphatic rings. The molecule has 2 heterocycles. The summed E-state index contributed by atoms with van der Waals surface area (Å²) in [7, 11) is 2.12. The molecule has 1 unspecified atom stereocenters. The molecule has 1 aromatic heterocycles. The van der Waals surface area contributed by atoms with Crippen LogP contribution >= 0.6 is 0 Å². The Morgan fingerprint density at radius 1 is 1.27 bits per heavy atom. The number of nitrogens with zero attached hydrogens (tertiary/aromatic N) is 1. The van der Waals surface area contributed by atoms with Gasteiger partial charge in [-0.25, -0.2) is 4.57 Å². The molecular weight excluding hydrogens is 184 g/mol. The lowest BCUT2D eigenvalue weighted by Crippen LogP contribution is -2.40. The van der Waals surface area contributed by atoms with Gasteiger partial charge in [-0.05, 0) is 19.4 Å². The summed E-state index contributed by atoms with van der Waals surface area (Å²) in [5, 5.41) is 3.56. The molecule has 0 radical (unpaired) electrons. The van der Waals surface area contributed by atoms with Gasteiger partial charge in [0, 0.05) is 12.1 Å². The van der Waals surface area contributed by atoms with Gasteiger partial charge in [-0.3, -0.25) is 0 Å². The molecule has 1 aromatic rings. The average molecular weight is 207 g/mol. The van der Waals surface area contributed by atoms with Crippen LogP contribution in [-0.2, 0) is 7.05 Å². The van der Waals surface area contributed by atoms with Crippen LogP contribution in [0.4, 0.5) is 0 Å². The Labute approximate surface area is 93.3 Å². The molecule has 1 N–H and O–H groups in total. The van der Waals surface area contributed by atoms with Crippen molar-refractivity contribution in [3.05, 3.63) is 30.1 Å². The van der Waals surface area contributed by atoms with E-state index in [9.17, 15) is 0 Å². The first-order valence-electron chi connectivity index (χ1n) is 6.06. The molecule has 0 spiro atoms. The van der Waals surface area contributed by atoms with Crippen molar-refractivity contribution in [2.45, 2.75) is 39.2 Å². The van der Waals surface area contributed by atoms with E-state index in [1.807, 2.05) is 13.8 Å². The van der Waals surface area contributed by atoms with E-state index in [1.54, 1.807) is 0 Å². The van der Waals surface area contributed by atoms with Gasteiger partial charge < -0.3 is 5.32 Å². The minimum atomic E-state index is 0.569. The van der Waals surface area contributed by atoms with E-state index < -0.39 is 0 Å². The first-order valence-corrected chi connectivity index (χ1v) is 6.06. The fourth-order valence-corrected chi connectivity index (χ4v) is 2.00. The van der Waals surface area contributed by atoms with E-state index in [0.29, 0.717) is 6.04 Å². The monoisotopic (exact) mass is 207 g/mol. The average Bonchev–Trinajstić information content (AvgIpc) is 2.33. The second-order valence-electron chi connectivity index (χ2n) is 3.74. The van der Waals surface area contributed by atoms with Crippen molar-refractivity contribution in [3.8, 4) is 0 Å². The highest BCUT2D eigenvalue weighted by Crippen LogP contribution is 2.19. The van der Waals surface area contributed by atoms with Crippen molar-refractivity contribution in [1.29, 1.82) is 0 Å². The summed E-state index contributed by atoms with van der Waals surface area (Å²) >= 11 is 0. The molecule has 0 amide bonds. The SMILES string of the molecule is CC.C[n+]1ccccc1C1CCCCN1. The minimum Gasteiger partial charge on any atom is -0.305 e. The molecule has 2 nitrogen and oxygen atoms in total. The highest BCUT2D eigenvalue weighted by atomic mass is 15.0. The summed E-state index contributed by atoms with van der Waals surface area (Å²) < 4.78 is 2.21. The number of rotatable bonds is 1. The van der Waals surface area contributed by atoms with E-state index in [0.717, 1.165) is 0 Å². The Morgan fingerprint density at radius 3 is 2.67 bits per heavy atom. The van der Waals surface area contributed by atoms with Gasteiger partial charge in [0.05, 0.1) is 6.04 Å². The summed E-state index contributed by atoms with van der Waals surface area (Å²) in [5.41, 5.74) is 1.40. The Kier molecular flexibility index (Phi) is 5.33. The van der Waals surface area contributed by atoms with Crippen molar-refractivity contribution >= 4 is 0 Å². The van der Waals surface area contributed by atoms with Gasteiger partial charge in [0.25, 0.3) is 0 Å². The summed E-state index contributed by atoms with van der Waals surface area (Å²) in [6, 6.07) is 6.97. The summed E-state index contributed by atoms with van der Waals surface area (Å²) in [6.07, 6.45) is 6.07. The zero-order valence-corrected chi connectivity index (χ0v) is 10.2. The molecule has 15 heavy (non-hydrogen) atoms. The van der Waals surface area contributed by atoms with Crippen LogP contribution in [0.2, 0.25) is 0 Å². The number of nitrogens with one attached hydrogen (secondary N) is 1. The number of piperidine rings is 1. The molecule has 2 heteroatoms. The van der Waals surface area contributed by atoms with E-state index in [4.69, 9.17) is 0 Å². The fourth-order valence-electron chi connectivity index (χ4n) is 2.00. The van der Waals surface area contributed by atoms with Crippen LogP contribution in [0.15, 0.2) is 24.4 Å². The predicted molar refractivity (Wildman–Crippen MR) is 63.6 cm³/mol. The molecule has 1 aliphatic heterocycles. The largest absolute Gasteiger partial charge is 0.305 e. The summed E-state index contributed by atoms with van der Waals surface area (Å²) in [5.74, 6) is 0. The van der Waals surface area contributed by atoms with Crippen LogP contribution in [0, 0.1) is 0 Å². The van der Waals surface area contributed by atoms with Crippen molar-refractivity contribution < 1.29 is 4.57 Å². The van der Waals surface area contributed by atoms with Crippen molar-refractivity contribution in [2.24, 2.45) is 7.05 Å². The normalized spacial score (nSPS) is 20.3. The molecular formula is C13H23N2+. The standard InChI is InChI=1S/C11H17N2.C2H6/c1-13-9-5-3-7-11(13)10-6-2-4-8-12-10;1-2/h3,5,7,9-10,12H,2,4,6,8H2,1H3;1-2H3/q+1;. The van der Waals surface area contributed by atoms with Gasteiger partial charge in [-0.1, -0.05) is 26.3 Å². The van der Waals surface area contributed by atoms with Crippen LogP contribution in [0.1, 0.15) is 44.8 Å². The first kappa shape index (κ1) is 12.2. The number of pyridine rings is 1. The van der Waals surface area contributed by atoms with Gasteiger partial charge in [-0.15, -0.1) is 0 Å². The second kappa shape index (κ2) is 6.57. The quantitative estimate of drug-likeness (QED) is 0.699. The lowest BCUT2D eigenvalue weighted by Gasteiger charge is -2.21. The molecule has 0 saturated carbocycles. The third kappa shape index (κ3) is 3.31. The Hall–Kier alpha value is -0.890. The first-order chi connectivity index (χ1) is 7.38. The highest BCUT2D eigenvalue weighted by molar-refractivity contribution is 5.03. The third-order valence-electron chi connectivity index (χ3n) is 2.76. The summed E-state index contributed by atoms with van der Waals surface area (Å²) in [6.45, 7) is 5.17. The topological polar surface area (TPSA) is 15.9 Å². The highest BCUT2D eigenvalue weighted by Gasteiger charge is 2.20. The molecule has 1 saturated heterocycles. The van der Waals surface area contributed by atoms with Gasteiger partial charge in [-0.2, -0.15) is 0 Å². The smallest absolute Gasteiger partial charge is 0.198 e. The predicted octanol–water partition coefficient (Wildman–Crippen LogP) is 2.35. The van der Waals surface area contributed by atoms with E-state index in [1.165, 1.54) is 31.5 Å². The van der Waals surface area contributed by atoms with Gasteiger partial charge in [0.1, 0.15) is 7.05 Å². The number of aromatic nitrogens is 1. The van der Waals surface area contributed by atoms with E-state index >= 15 is 0 Å². The third-order valence-corrected chi connectivity index (χ3v) is 2.76. The number of hydrogen-bond acceptors (Lipinski definition) is 1. The Balaban J connectivity index is 0.000000531. The lowest BCUT2D eigenvalue weighted by atomic mass is 10.0. The lowest BCUT2D eigenvalue weighted by molar-refractivity contribution is -0.681. The van der Waals surface area contributed by atoms with E-state index in [-0.39, 0.29) is 0 Å². The van der Waals surface area contributed by atoms with Crippen molar-refractivity contribution in [1.82, 2.24) is 5.32 Å². The van der Waals surface area contributed by atoms with Crippen LogP contribution in [0.3, 0.4) is 0 Å². The Morgan fingerprint density at radius 2 is 2.07 bits per heavy atom. The van der Waals surface area contributed by atoms with Crippen molar-refractivity contribution in [3.63, 3.8) is 0 Å². The molecule has 0 aliphatic carbocycles. The van der Waals surface area contributed by atoms with Crippen LogP contribution in [0.5, 0.6) is 0 Å². The Bertz CT molecular complexity index is 278. The molecule has 0 bridgehead atoms. The zero-order valence-electron chi connectivity index (χ0n) is 10.2. The maximum Gasteiger partial charge on any atom is 0.198 e. The second-order valence-corrected chi connectivity index (χ2v) is 3.74.